The van der Waals surface area contributed by atoms with Gasteiger partial charge in [0.2, 0.25) is 15.9 Å². The molecule has 0 atom stereocenters. The topological polar surface area (TPSA) is 66.5 Å². The van der Waals surface area contributed by atoms with Crippen LogP contribution < -0.4 is 5.32 Å². The molecule has 22 heavy (non-hydrogen) atoms. The standard InChI is InChI=1S/C15H21ClN2O3S/c1-17-15(19)11-18(13-5-3-2-4-6-13)22(20,21)14-9-7-12(16)8-10-14/h7-10,13H,2-6,11H2,1H3,(H,17,19). The van der Waals surface area contributed by atoms with Gasteiger partial charge in [0, 0.05) is 18.1 Å². The van der Waals surface area contributed by atoms with Crippen LogP contribution in [0.2, 0.25) is 5.02 Å². The van der Waals surface area contributed by atoms with Crippen LogP contribution in [0.25, 0.3) is 0 Å². The maximum Gasteiger partial charge on any atom is 0.243 e. The Labute approximate surface area is 136 Å². The third-order valence-electron chi connectivity index (χ3n) is 3.98. The number of likely N-dealkylation sites (N-methyl/N-ethyl adjacent to an activating group) is 1. The summed E-state index contributed by atoms with van der Waals surface area (Å²) in [6.45, 7) is -0.147. The third kappa shape index (κ3) is 4.00. The first kappa shape index (κ1) is 17.2. The molecular formula is C15H21ClN2O3S. The molecule has 1 N–H and O–H groups in total. The molecule has 122 valence electrons. The smallest absolute Gasteiger partial charge is 0.243 e. The first-order valence-corrected chi connectivity index (χ1v) is 9.25. The van der Waals surface area contributed by atoms with Crippen LogP contribution in [0, 0.1) is 0 Å². The minimum absolute atomic E-state index is 0.119. The Balaban J connectivity index is 2.33. The number of carbonyl (C=O) groups is 1. The highest BCUT2D eigenvalue weighted by Crippen LogP contribution is 2.28. The van der Waals surface area contributed by atoms with Crippen molar-refractivity contribution in [2.24, 2.45) is 0 Å². The molecule has 5 nitrogen and oxygen atoms in total. The number of hydrogen-bond acceptors (Lipinski definition) is 3. The number of amides is 1. The van der Waals surface area contributed by atoms with E-state index in [4.69, 9.17) is 11.6 Å². The van der Waals surface area contributed by atoms with Gasteiger partial charge in [-0.1, -0.05) is 30.9 Å². The van der Waals surface area contributed by atoms with E-state index >= 15 is 0 Å². The average molecular weight is 345 g/mol. The van der Waals surface area contributed by atoms with E-state index in [-0.39, 0.29) is 23.4 Å². The van der Waals surface area contributed by atoms with Crippen molar-refractivity contribution in [2.75, 3.05) is 13.6 Å². The summed E-state index contributed by atoms with van der Waals surface area (Å²) in [5.41, 5.74) is 0. The Morgan fingerprint density at radius 2 is 1.82 bits per heavy atom. The van der Waals surface area contributed by atoms with Crippen molar-refractivity contribution in [3.63, 3.8) is 0 Å². The third-order valence-corrected chi connectivity index (χ3v) is 6.15. The molecular weight excluding hydrogens is 324 g/mol. The average Bonchev–Trinajstić information content (AvgIpc) is 2.53. The molecule has 1 amide bonds. The van der Waals surface area contributed by atoms with Crippen molar-refractivity contribution in [3.8, 4) is 0 Å². The zero-order chi connectivity index (χ0) is 16.2. The van der Waals surface area contributed by atoms with Crippen LogP contribution >= 0.6 is 11.6 Å². The van der Waals surface area contributed by atoms with E-state index in [0.29, 0.717) is 5.02 Å². The molecule has 0 aromatic heterocycles. The minimum Gasteiger partial charge on any atom is -0.358 e. The zero-order valence-corrected chi connectivity index (χ0v) is 14.2. The quantitative estimate of drug-likeness (QED) is 0.892. The van der Waals surface area contributed by atoms with Gasteiger partial charge in [-0.3, -0.25) is 4.79 Å². The predicted octanol–water partition coefficient (Wildman–Crippen LogP) is 2.41. The monoisotopic (exact) mass is 344 g/mol. The SMILES string of the molecule is CNC(=O)CN(C1CCCCC1)S(=O)(=O)c1ccc(Cl)cc1. The molecule has 0 aliphatic heterocycles. The molecule has 0 bridgehead atoms. The van der Waals surface area contributed by atoms with E-state index in [2.05, 4.69) is 5.32 Å². The van der Waals surface area contributed by atoms with Gasteiger partial charge in [0.1, 0.15) is 0 Å². The van der Waals surface area contributed by atoms with Crippen LogP contribution in [0.3, 0.4) is 0 Å². The van der Waals surface area contributed by atoms with Gasteiger partial charge in [0.15, 0.2) is 0 Å². The summed E-state index contributed by atoms with van der Waals surface area (Å²) in [4.78, 5) is 11.9. The number of rotatable bonds is 5. The van der Waals surface area contributed by atoms with Gasteiger partial charge in [-0.25, -0.2) is 8.42 Å². The fourth-order valence-electron chi connectivity index (χ4n) is 2.74. The van der Waals surface area contributed by atoms with Gasteiger partial charge in [0.05, 0.1) is 11.4 Å². The first-order valence-electron chi connectivity index (χ1n) is 7.43. The van der Waals surface area contributed by atoms with Gasteiger partial charge < -0.3 is 5.32 Å². The fourth-order valence-corrected chi connectivity index (χ4v) is 4.51. The Morgan fingerprint density at radius 3 is 2.36 bits per heavy atom. The summed E-state index contributed by atoms with van der Waals surface area (Å²) in [5.74, 6) is -0.303. The summed E-state index contributed by atoms with van der Waals surface area (Å²) in [5, 5.41) is 2.98. The number of carbonyl (C=O) groups excluding carboxylic acids is 1. The lowest BCUT2D eigenvalue weighted by molar-refractivity contribution is -0.121. The molecule has 1 aliphatic carbocycles. The number of sulfonamides is 1. The van der Waals surface area contributed by atoms with E-state index in [1.165, 1.54) is 23.5 Å². The molecule has 1 fully saturated rings. The highest BCUT2D eigenvalue weighted by atomic mass is 35.5. The molecule has 0 radical (unpaired) electrons. The maximum absolute atomic E-state index is 12.9. The van der Waals surface area contributed by atoms with Crippen LogP contribution in [0.1, 0.15) is 32.1 Å². The summed E-state index contributed by atoms with van der Waals surface area (Å²) in [6.07, 6.45) is 4.69. The molecule has 1 aliphatic rings. The van der Waals surface area contributed by atoms with Gasteiger partial charge in [-0.2, -0.15) is 4.31 Å². The van der Waals surface area contributed by atoms with Gasteiger partial charge in [-0.15, -0.1) is 0 Å². The second-order valence-corrected chi connectivity index (χ2v) is 7.80. The van der Waals surface area contributed by atoms with Crippen molar-refractivity contribution in [2.45, 2.75) is 43.0 Å². The number of halogens is 1. The van der Waals surface area contributed by atoms with Gasteiger partial charge >= 0.3 is 0 Å². The van der Waals surface area contributed by atoms with E-state index in [9.17, 15) is 13.2 Å². The highest BCUT2D eigenvalue weighted by molar-refractivity contribution is 7.89. The zero-order valence-electron chi connectivity index (χ0n) is 12.6. The van der Waals surface area contributed by atoms with Gasteiger partial charge in [0.25, 0.3) is 0 Å². The molecule has 1 aromatic rings. The molecule has 2 rings (SSSR count). The molecule has 7 heteroatoms. The van der Waals surface area contributed by atoms with E-state index in [0.717, 1.165) is 32.1 Å². The summed E-state index contributed by atoms with van der Waals surface area (Å²) in [7, 11) is -2.20. The van der Waals surface area contributed by atoms with Gasteiger partial charge in [-0.05, 0) is 37.1 Å². The van der Waals surface area contributed by atoms with Crippen LogP contribution in [0.5, 0.6) is 0 Å². The summed E-state index contributed by atoms with van der Waals surface area (Å²) >= 11 is 5.82. The molecule has 0 saturated heterocycles. The number of hydrogen-bond donors (Lipinski definition) is 1. The second kappa shape index (κ2) is 7.44. The van der Waals surface area contributed by atoms with E-state index in [1.54, 1.807) is 12.1 Å². The molecule has 0 heterocycles. The Kier molecular flexibility index (Phi) is 5.83. The minimum atomic E-state index is -3.71. The Hall–Kier alpha value is -1.11. The summed E-state index contributed by atoms with van der Waals surface area (Å²) < 4.78 is 27.1. The molecule has 1 saturated carbocycles. The largest absolute Gasteiger partial charge is 0.358 e. The van der Waals surface area contributed by atoms with Crippen molar-refractivity contribution >= 4 is 27.5 Å². The van der Waals surface area contributed by atoms with E-state index in [1.807, 2.05) is 0 Å². The van der Waals surface area contributed by atoms with Crippen LogP contribution in [0.4, 0.5) is 0 Å². The lowest BCUT2D eigenvalue weighted by atomic mass is 9.95. The molecule has 0 unspecified atom stereocenters. The number of nitrogens with zero attached hydrogens (tertiary/aromatic N) is 1. The van der Waals surface area contributed by atoms with Crippen LogP contribution in [-0.2, 0) is 14.8 Å². The van der Waals surface area contributed by atoms with Crippen LogP contribution in [-0.4, -0.2) is 38.3 Å². The number of nitrogens with one attached hydrogen (secondary N) is 1. The number of benzene rings is 1. The van der Waals surface area contributed by atoms with Crippen LogP contribution in [0.15, 0.2) is 29.2 Å². The van der Waals surface area contributed by atoms with Crippen molar-refractivity contribution in [1.29, 1.82) is 0 Å². The van der Waals surface area contributed by atoms with E-state index < -0.39 is 10.0 Å². The molecule has 1 aromatic carbocycles. The Morgan fingerprint density at radius 1 is 1.23 bits per heavy atom. The molecule has 0 spiro atoms. The highest BCUT2D eigenvalue weighted by Gasteiger charge is 2.33. The second-order valence-electron chi connectivity index (χ2n) is 5.47. The predicted molar refractivity (Wildman–Crippen MR) is 86.3 cm³/mol. The lowest BCUT2D eigenvalue weighted by Gasteiger charge is -2.32. The Bertz CT molecular complexity index is 610. The lowest BCUT2D eigenvalue weighted by Crippen LogP contribution is -2.46. The van der Waals surface area contributed by atoms with Crippen molar-refractivity contribution in [3.05, 3.63) is 29.3 Å². The first-order chi connectivity index (χ1) is 10.4. The fraction of sp³-hybridized carbons (Fsp3) is 0.533. The van der Waals surface area contributed by atoms with Crippen molar-refractivity contribution in [1.82, 2.24) is 9.62 Å². The van der Waals surface area contributed by atoms with Crippen molar-refractivity contribution < 1.29 is 13.2 Å². The summed E-state index contributed by atoms with van der Waals surface area (Å²) in [6, 6.07) is 5.95. The normalized spacial score (nSPS) is 16.7. The maximum atomic E-state index is 12.9.